The van der Waals surface area contributed by atoms with E-state index in [1.165, 1.54) is 5.39 Å². The van der Waals surface area contributed by atoms with Crippen molar-refractivity contribution in [1.82, 2.24) is 4.98 Å². The molecule has 0 fully saturated rings. The van der Waals surface area contributed by atoms with E-state index in [0.29, 0.717) is 0 Å². The Kier molecular flexibility index (Phi) is 3.03. The Balaban J connectivity index is 2.10. The zero-order chi connectivity index (χ0) is 14.1. The maximum Gasteiger partial charge on any atom is 0.119 e. The number of aryl methyl sites for hydroxylation is 1. The van der Waals surface area contributed by atoms with Gasteiger partial charge in [0.15, 0.2) is 0 Å². The van der Waals surface area contributed by atoms with Gasteiger partial charge >= 0.3 is 0 Å². The van der Waals surface area contributed by atoms with Gasteiger partial charge in [-0.25, -0.2) is 0 Å². The van der Waals surface area contributed by atoms with Crippen LogP contribution >= 0.6 is 0 Å². The van der Waals surface area contributed by atoms with Gasteiger partial charge in [0.05, 0.1) is 24.2 Å². The lowest BCUT2D eigenvalue weighted by atomic mass is 10.0. The molecule has 3 rings (SSSR count). The molecule has 0 aliphatic heterocycles. The van der Waals surface area contributed by atoms with Crippen molar-refractivity contribution in [3.63, 3.8) is 0 Å². The van der Waals surface area contributed by atoms with E-state index in [-0.39, 0.29) is 0 Å². The Hall–Kier alpha value is -2.55. The molecule has 3 aromatic rings. The molecule has 0 aliphatic carbocycles. The SMILES string of the molecule is COc1ccc2cc(-c3ccc(N)c(C)n3)ccc2c1. The van der Waals surface area contributed by atoms with E-state index in [1.54, 1.807) is 7.11 Å². The smallest absolute Gasteiger partial charge is 0.119 e. The third-order valence-electron chi connectivity index (χ3n) is 3.47. The molecule has 0 amide bonds. The minimum atomic E-state index is 0.722. The summed E-state index contributed by atoms with van der Waals surface area (Å²) in [6, 6.07) is 16.2. The molecule has 0 spiro atoms. The molecule has 0 aliphatic rings. The maximum atomic E-state index is 5.81. The van der Waals surface area contributed by atoms with Gasteiger partial charge in [-0.1, -0.05) is 18.2 Å². The van der Waals surface area contributed by atoms with Gasteiger partial charge in [-0.15, -0.1) is 0 Å². The molecule has 0 atom stereocenters. The van der Waals surface area contributed by atoms with Crippen LogP contribution in [0.1, 0.15) is 5.69 Å². The average Bonchev–Trinajstić information content (AvgIpc) is 2.49. The number of benzene rings is 2. The third kappa shape index (κ3) is 2.18. The minimum absolute atomic E-state index is 0.722. The Labute approximate surface area is 118 Å². The second-order valence-corrected chi connectivity index (χ2v) is 4.80. The molecule has 1 aromatic heterocycles. The van der Waals surface area contributed by atoms with E-state index in [0.717, 1.165) is 33.8 Å². The van der Waals surface area contributed by atoms with E-state index >= 15 is 0 Å². The fourth-order valence-electron chi connectivity index (χ4n) is 2.24. The lowest BCUT2D eigenvalue weighted by Gasteiger charge is -2.07. The second-order valence-electron chi connectivity index (χ2n) is 4.80. The molecule has 0 bridgehead atoms. The van der Waals surface area contributed by atoms with Gasteiger partial charge in [-0.3, -0.25) is 4.98 Å². The number of hydrogen-bond donors (Lipinski definition) is 1. The van der Waals surface area contributed by atoms with Gasteiger partial charge in [-0.2, -0.15) is 0 Å². The van der Waals surface area contributed by atoms with E-state index in [9.17, 15) is 0 Å². The van der Waals surface area contributed by atoms with Crippen molar-refractivity contribution in [2.24, 2.45) is 0 Å². The van der Waals surface area contributed by atoms with E-state index in [4.69, 9.17) is 10.5 Å². The highest BCUT2D eigenvalue weighted by molar-refractivity contribution is 5.88. The van der Waals surface area contributed by atoms with Crippen molar-refractivity contribution in [3.05, 3.63) is 54.2 Å². The van der Waals surface area contributed by atoms with Crippen molar-refractivity contribution in [2.75, 3.05) is 12.8 Å². The number of nitrogen functional groups attached to an aromatic ring is 1. The van der Waals surface area contributed by atoms with Crippen molar-refractivity contribution in [1.29, 1.82) is 0 Å². The summed E-state index contributed by atoms with van der Waals surface area (Å²) in [4.78, 5) is 4.53. The molecule has 0 unspecified atom stereocenters. The van der Waals surface area contributed by atoms with Crippen LogP contribution < -0.4 is 10.5 Å². The molecule has 100 valence electrons. The van der Waals surface area contributed by atoms with Gasteiger partial charge in [0.25, 0.3) is 0 Å². The topological polar surface area (TPSA) is 48.1 Å². The van der Waals surface area contributed by atoms with Crippen LogP contribution in [-0.2, 0) is 0 Å². The monoisotopic (exact) mass is 264 g/mol. The molecule has 0 saturated carbocycles. The molecular formula is C17H16N2O. The summed E-state index contributed by atoms with van der Waals surface area (Å²) >= 11 is 0. The molecule has 0 radical (unpaired) electrons. The van der Waals surface area contributed by atoms with Crippen molar-refractivity contribution in [3.8, 4) is 17.0 Å². The molecule has 2 N–H and O–H groups in total. The van der Waals surface area contributed by atoms with Crippen LogP contribution in [0.3, 0.4) is 0 Å². The number of pyridine rings is 1. The number of ether oxygens (including phenoxy) is 1. The van der Waals surface area contributed by atoms with Gasteiger partial charge < -0.3 is 10.5 Å². The highest BCUT2D eigenvalue weighted by atomic mass is 16.5. The van der Waals surface area contributed by atoms with Gasteiger partial charge in [0, 0.05) is 5.56 Å². The third-order valence-corrected chi connectivity index (χ3v) is 3.47. The zero-order valence-corrected chi connectivity index (χ0v) is 11.6. The fourth-order valence-corrected chi connectivity index (χ4v) is 2.24. The highest BCUT2D eigenvalue weighted by Gasteiger charge is 2.04. The van der Waals surface area contributed by atoms with Crippen LogP contribution in [0.2, 0.25) is 0 Å². The quantitative estimate of drug-likeness (QED) is 0.765. The summed E-state index contributed by atoms with van der Waals surface area (Å²) in [5.41, 5.74) is 9.42. The Bertz CT molecular complexity index is 781. The molecule has 3 nitrogen and oxygen atoms in total. The maximum absolute atomic E-state index is 5.81. The molecule has 2 aromatic carbocycles. The van der Waals surface area contributed by atoms with Crippen LogP contribution in [0.15, 0.2) is 48.5 Å². The predicted molar refractivity (Wildman–Crippen MR) is 82.9 cm³/mol. The zero-order valence-electron chi connectivity index (χ0n) is 11.6. The van der Waals surface area contributed by atoms with Gasteiger partial charge in [0.2, 0.25) is 0 Å². The largest absolute Gasteiger partial charge is 0.497 e. The first-order valence-corrected chi connectivity index (χ1v) is 6.49. The number of anilines is 1. The number of nitrogens with two attached hydrogens (primary N) is 1. The number of methoxy groups -OCH3 is 1. The highest BCUT2D eigenvalue weighted by Crippen LogP contribution is 2.26. The Morgan fingerprint density at radius 3 is 2.45 bits per heavy atom. The predicted octanol–water partition coefficient (Wildman–Crippen LogP) is 3.80. The summed E-state index contributed by atoms with van der Waals surface area (Å²) in [7, 11) is 1.68. The van der Waals surface area contributed by atoms with Crippen LogP contribution in [0.5, 0.6) is 5.75 Å². The number of nitrogens with zero attached hydrogens (tertiary/aromatic N) is 1. The molecule has 20 heavy (non-hydrogen) atoms. The average molecular weight is 264 g/mol. The van der Waals surface area contributed by atoms with Crippen LogP contribution in [-0.4, -0.2) is 12.1 Å². The molecular weight excluding hydrogens is 248 g/mol. The van der Waals surface area contributed by atoms with Gasteiger partial charge in [0.1, 0.15) is 5.75 Å². The lowest BCUT2D eigenvalue weighted by Crippen LogP contribution is -1.94. The number of aromatic nitrogens is 1. The summed E-state index contributed by atoms with van der Waals surface area (Å²) in [5, 5.41) is 2.32. The number of fused-ring (bicyclic) bond motifs is 1. The normalized spacial score (nSPS) is 10.7. The number of hydrogen-bond acceptors (Lipinski definition) is 3. The Morgan fingerprint density at radius 2 is 1.70 bits per heavy atom. The van der Waals surface area contributed by atoms with E-state index in [2.05, 4.69) is 29.2 Å². The van der Waals surface area contributed by atoms with Crippen LogP contribution in [0, 0.1) is 6.92 Å². The van der Waals surface area contributed by atoms with Crippen molar-refractivity contribution >= 4 is 16.5 Å². The first-order chi connectivity index (χ1) is 9.67. The second kappa shape index (κ2) is 4.85. The Morgan fingerprint density at radius 1 is 0.950 bits per heavy atom. The first-order valence-electron chi connectivity index (χ1n) is 6.49. The summed E-state index contributed by atoms with van der Waals surface area (Å²) in [5.74, 6) is 0.867. The van der Waals surface area contributed by atoms with Crippen LogP contribution in [0.4, 0.5) is 5.69 Å². The standard InChI is InChI=1S/C17H16N2O/c1-11-16(18)7-8-17(19-11)14-4-3-13-10-15(20-2)6-5-12(13)9-14/h3-10H,18H2,1-2H3. The fraction of sp³-hybridized carbons (Fsp3) is 0.118. The summed E-state index contributed by atoms with van der Waals surface area (Å²) in [6.45, 7) is 1.92. The van der Waals surface area contributed by atoms with Crippen LogP contribution in [0.25, 0.3) is 22.0 Å². The lowest BCUT2D eigenvalue weighted by molar-refractivity contribution is 0.415. The number of rotatable bonds is 2. The van der Waals surface area contributed by atoms with Crippen molar-refractivity contribution < 1.29 is 4.74 Å². The van der Waals surface area contributed by atoms with Gasteiger partial charge in [-0.05, 0) is 48.0 Å². The minimum Gasteiger partial charge on any atom is -0.497 e. The summed E-state index contributed by atoms with van der Waals surface area (Å²) < 4.78 is 5.24. The van der Waals surface area contributed by atoms with E-state index in [1.807, 2.05) is 31.2 Å². The van der Waals surface area contributed by atoms with Crippen molar-refractivity contribution in [2.45, 2.75) is 6.92 Å². The molecule has 0 saturated heterocycles. The van der Waals surface area contributed by atoms with E-state index < -0.39 is 0 Å². The molecule has 1 heterocycles. The first kappa shape index (κ1) is 12.5. The summed E-state index contributed by atoms with van der Waals surface area (Å²) in [6.07, 6.45) is 0. The molecule has 3 heteroatoms.